The van der Waals surface area contributed by atoms with Crippen LogP contribution in [-0.2, 0) is 11.3 Å². The van der Waals surface area contributed by atoms with E-state index in [1.807, 2.05) is 12.1 Å². The maximum Gasteiger partial charge on any atom is 0.251 e. The highest BCUT2D eigenvalue weighted by atomic mass is 35.5. The second-order valence-electron chi connectivity index (χ2n) is 5.33. The minimum Gasteiger partial charge on any atom is -0.369 e. The monoisotopic (exact) mass is 311 g/mol. The Balaban J connectivity index is 0.00000220. The highest BCUT2D eigenvalue weighted by Gasteiger charge is 2.25. The van der Waals surface area contributed by atoms with Gasteiger partial charge in [-0.05, 0) is 43.4 Å². The molecule has 0 unspecified atom stereocenters. The Morgan fingerprint density at radius 3 is 2.14 bits per heavy atom. The molecule has 0 atom stereocenters. The number of benzene rings is 1. The molecular formula is C15H22ClN3O2. The zero-order valence-electron chi connectivity index (χ0n) is 11.9. The van der Waals surface area contributed by atoms with Gasteiger partial charge >= 0.3 is 0 Å². The third kappa shape index (κ3) is 4.72. The minimum atomic E-state index is -0.229. The summed E-state index contributed by atoms with van der Waals surface area (Å²) < 4.78 is 0. The van der Waals surface area contributed by atoms with Gasteiger partial charge in [-0.15, -0.1) is 12.4 Å². The summed E-state index contributed by atoms with van der Waals surface area (Å²) in [5.41, 5.74) is 12.5. The van der Waals surface area contributed by atoms with E-state index in [-0.39, 0.29) is 36.2 Å². The van der Waals surface area contributed by atoms with Gasteiger partial charge in [-0.1, -0.05) is 12.1 Å². The molecule has 0 bridgehead atoms. The van der Waals surface area contributed by atoms with Crippen molar-refractivity contribution in [3.63, 3.8) is 0 Å². The molecule has 2 rings (SSSR count). The Morgan fingerprint density at radius 2 is 1.67 bits per heavy atom. The van der Waals surface area contributed by atoms with Gasteiger partial charge < -0.3 is 16.8 Å². The van der Waals surface area contributed by atoms with Crippen LogP contribution in [0.15, 0.2) is 24.3 Å². The zero-order valence-corrected chi connectivity index (χ0v) is 12.7. The van der Waals surface area contributed by atoms with E-state index in [0.29, 0.717) is 12.1 Å². The van der Waals surface area contributed by atoms with Crippen molar-refractivity contribution in [1.29, 1.82) is 0 Å². The molecule has 1 aromatic rings. The first kappa shape index (κ1) is 17.5. The van der Waals surface area contributed by atoms with Crippen LogP contribution in [-0.4, -0.2) is 17.9 Å². The Labute approximate surface area is 130 Å². The molecule has 5 N–H and O–H groups in total. The molecule has 1 fully saturated rings. The van der Waals surface area contributed by atoms with E-state index in [1.165, 1.54) is 0 Å². The smallest absolute Gasteiger partial charge is 0.251 e. The van der Waals surface area contributed by atoms with Crippen LogP contribution in [0.25, 0.3) is 0 Å². The standard InChI is InChI=1S/C15H21N3O2.ClH/c16-9-10-1-3-12(4-2-10)15(20)18-13-7-5-11(6-8-13)14(17)19;/h1-4,11,13H,5-9,16H2,(H2,17,19)(H,18,20);1H. The molecule has 0 aliphatic heterocycles. The summed E-state index contributed by atoms with van der Waals surface area (Å²) in [7, 11) is 0. The average Bonchev–Trinajstić information content (AvgIpc) is 2.48. The fourth-order valence-electron chi connectivity index (χ4n) is 2.58. The first-order chi connectivity index (χ1) is 9.60. The minimum absolute atomic E-state index is 0. The molecule has 1 aliphatic carbocycles. The predicted octanol–water partition coefficient (Wildman–Crippen LogP) is 1.34. The van der Waals surface area contributed by atoms with Crippen LogP contribution in [0, 0.1) is 5.92 Å². The molecular weight excluding hydrogens is 290 g/mol. The summed E-state index contributed by atoms with van der Waals surface area (Å²) in [5.74, 6) is -0.338. The van der Waals surface area contributed by atoms with Gasteiger partial charge in [-0.3, -0.25) is 9.59 Å². The van der Waals surface area contributed by atoms with Crippen LogP contribution in [0.3, 0.4) is 0 Å². The van der Waals surface area contributed by atoms with Crippen LogP contribution in [0.2, 0.25) is 0 Å². The number of nitrogens with two attached hydrogens (primary N) is 2. The Hall–Kier alpha value is -1.59. The van der Waals surface area contributed by atoms with Crippen molar-refractivity contribution in [1.82, 2.24) is 5.32 Å². The van der Waals surface area contributed by atoms with Gasteiger partial charge in [-0.25, -0.2) is 0 Å². The fourth-order valence-corrected chi connectivity index (χ4v) is 2.58. The molecule has 1 aromatic carbocycles. The van der Waals surface area contributed by atoms with E-state index in [4.69, 9.17) is 11.5 Å². The van der Waals surface area contributed by atoms with Gasteiger partial charge in [0.2, 0.25) is 5.91 Å². The zero-order chi connectivity index (χ0) is 14.5. The first-order valence-electron chi connectivity index (χ1n) is 6.99. The molecule has 1 aliphatic rings. The topological polar surface area (TPSA) is 98.2 Å². The average molecular weight is 312 g/mol. The van der Waals surface area contributed by atoms with Gasteiger partial charge in [0.05, 0.1) is 0 Å². The number of primary amides is 1. The van der Waals surface area contributed by atoms with Crippen molar-refractivity contribution in [2.24, 2.45) is 17.4 Å². The quantitative estimate of drug-likeness (QED) is 0.782. The van der Waals surface area contributed by atoms with Crippen LogP contribution in [0.1, 0.15) is 41.6 Å². The second kappa shape index (κ2) is 8.00. The van der Waals surface area contributed by atoms with Crippen LogP contribution >= 0.6 is 12.4 Å². The summed E-state index contributed by atoms with van der Waals surface area (Å²) in [5, 5.41) is 3.01. The number of halogens is 1. The SMILES string of the molecule is Cl.NCc1ccc(C(=O)NC2CCC(C(N)=O)CC2)cc1. The number of hydrogen-bond acceptors (Lipinski definition) is 3. The van der Waals surface area contributed by atoms with E-state index in [2.05, 4.69) is 5.32 Å². The maximum atomic E-state index is 12.1. The highest BCUT2D eigenvalue weighted by Crippen LogP contribution is 2.24. The molecule has 2 amide bonds. The number of nitrogens with one attached hydrogen (secondary N) is 1. The van der Waals surface area contributed by atoms with E-state index in [9.17, 15) is 9.59 Å². The molecule has 0 heterocycles. The number of amides is 2. The summed E-state index contributed by atoms with van der Waals surface area (Å²) >= 11 is 0. The van der Waals surface area contributed by atoms with Crippen molar-refractivity contribution in [3.8, 4) is 0 Å². The number of carbonyl (C=O) groups is 2. The lowest BCUT2D eigenvalue weighted by atomic mass is 9.85. The van der Waals surface area contributed by atoms with Gasteiger partial charge in [-0.2, -0.15) is 0 Å². The molecule has 5 nitrogen and oxygen atoms in total. The number of carbonyl (C=O) groups excluding carboxylic acids is 2. The van der Waals surface area contributed by atoms with Crippen molar-refractivity contribution < 1.29 is 9.59 Å². The normalized spacial score (nSPS) is 21.2. The summed E-state index contributed by atoms with van der Waals surface area (Å²) in [4.78, 5) is 23.2. The van der Waals surface area contributed by atoms with Crippen LogP contribution < -0.4 is 16.8 Å². The van der Waals surface area contributed by atoms with Gasteiger partial charge in [0.1, 0.15) is 0 Å². The highest BCUT2D eigenvalue weighted by molar-refractivity contribution is 5.94. The van der Waals surface area contributed by atoms with E-state index >= 15 is 0 Å². The van der Waals surface area contributed by atoms with Gasteiger partial charge in [0, 0.05) is 24.1 Å². The van der Waals surface area contributed by atoms with Crippen molar-refractivity contribution in [2.75, 3.05) is 0 Å². The van der Waals surface area contributed by atoms with Crippen molar-refractivity contribution >= 4 is 24.2 Å². The summed E-state index contributed by atoms with van der Waals surface area (Å²) in [6.45, 7) is 0.471. The number of hydrogen-bond donors (Lipinski definition) is 3. The van der Waals surface area contributed by atoms with E-state index in [1.54, 1.807) is 12.1 Å². The largest absolute Gasteiger partial charge is 0.369 e. The third-order valence-electron chi connectivity index (χ3n) is 3.92. The molecule has 0 aromatic heterocycles. The van der Waals surface area contributed by atoms with Crippen molar-refractivity contribution in [2.45, 2.75) is 38.3 Å². The van der Waals surface area contributed by atoms with Gasteiger partial charge in [0.25, 0.3) is 5.91 Å². The Bertz CT molecular complexity index is 482. The third-order valence-corrected chi connectivity index (χ3v) is 3.92. The Kier molecular flexibility index (Phi) is 6.65. The molecule has 0 saturated heterocycles. The fraction of sp³-hybridized carbons (Fsp3) is 0.467. The lowest BCUT2D eigenvalue weighted by Gasteiger charge is -2.27. The van der Waals surface area contributed by atoms with E-state index < -0.39 is 0 Å². The molecule has 21 heavy (non-hydrogen) atoms. The Morgan fingerprint density at radius 1 is 1.10 bits per heavy atom. The first-order valence-corrected chi connectivity index (χ1v) is 6.99. The molecule has 6 heteroatoms. The maximum absolute atomic E-state index is 12.1. The van der Waals surface area contributed by atoms with Crippen LogP contribution in [0.5, 0.6) is 0 Å². The number of rotatable bonds is 4. The van der Waals surface area contributed by atoms with Gasteiger partial charge in [0.15, 0.2) is 0 Å². The molecule has 1 saturated carbocycles. The lowest BCUT2D eigenvalue weighted by Crippen LogP contribution is -2.39. The lowest BCUT2D eigenvalue weighted by molar-refractivity contribution is -0.122. The van der Waals surface area contributed by atoms with Crippen LogP contribution in [0.4, 0.5) is 0 Å². The molecule has 0 radical (unpaired) electrons. The second-order valence-corrected chi connectivity index (χ2v) is 5.33. The summed E-state index contributed by atoms with van der Waals surface area (Å²) in [6, 6.07) is 7.42. The van der Waals surface area contributed by atoms with E-state index in [0.717, 1.165) is 31.2 Å². The molecule has 0 spiro atoms. The van der Waals surface area contributed by atoms with Crippen molar-refractivity contribution in [3.05, 3.63) is 35.4 Å². The summed E-state index contributed by atoms with van der Waals surface area (Å²) in [6.07, 6.45) is 3.12. The molecule has 116 valence electrons. The predicted molar refractivity (Wildman–Crippen MR) is 84.0 cm³/mol.